The van der Waals surface area contributed by atoms with E-state index < -0.39 is 15.4 Å². The van der Waals surface area contributed by atoms with Crippen molar-refractivity contribution in [2.45, 2.75) is 38.0 Å². The summed E-state index contributed by atoms with van der Waals surface area (Å²) in [6, 6.07) is 1.87. The molecule has 0 aromatic rings. The van der Waals surface area contributed by atoms with Gasteiger partial charge in [-0.2, -0.15) is 0 Å². The van der Waals surface area contributed by atoms with Crippen LogP contribution in [-0.2, 0) is 13.6 Å². The normalized spacial score (nSPS) is 15.0. The molecule has 2 unspecified atom stereocenters. The quantitative estimate of drug-likeness (QED) is 0.268. The Balaban J connectivity index is 3.18. The minimum Gasteiger partial charge on any atom is -0.424 e. The van der Waals surface area contributed by atoms with Crippen molar-refractivity contribution >= 4 is 19.0 Å². The van der Waals surface area contributed by atoms with E-state index in [-0.39, 0.29) is 9.76 Å². The lowest BCUT2D eigenvalue weighted by Gasteiger charge is -2.12. The number of rotatable bonds is 15. The predicted molar refractivity (Wildman–Crippen MR) is 85.1 cm³/mol. The van der Waals surface area contributed by atoms with Crippen molar-refractivity contribution in [1.82, 2.24) is 5.32 Å². The highest BCUT2D eigenvalue weighted by atomic mass is 28.3. The molecule has 0 saturated carbocycles. The van der Waals surface area contributed by atoms with Gasteiger partial charge in [-0.1, -0.05) is 0 Å². The van der Waals surface area contributed by atoms with Gasteiger partial charge in [0.1, 0.15) is 0 Å². The SMILES string of the molecule is CCO[SiH2]CCCNCC(O)COCCC[SiH](O)OC. The molecule has 0 saturated heterocycles. The molecule has 0 aliphatic rings. The molecule has 0 heterocycles. The monoisotopic (exact) mass is 325 g/mol. The summed E-state index contributed by atoms with van der Waals surface area (Å²) in [7, 11) is -0.733. The van der Waals surface area contributed by atoms with E-state index in [1.165, 1.54) is 13.2 Å². The Morgan fingerprint density at radius 1 is 1.35 bits per heavy atom. The first-order valence-electron chi connectivity index (χ1n) is 7.45. The van der Waals surface area contributed by atoms with Crippen LogP contribution < -0.4 is 5.32 Å². The largest absolute Gasteiger partial charge is 0.424 e. The zero-order valence-electron chi connectivity index (χ0n) is 12.8. The van der Waals surface area contributed by atoms with Gasteiger partial charge in [0.2, 0.25) is 0 Å². The van der Waals surface area contributed by atoms with Crippen molar-refractivity contribution in [1.29, 1.82) is 0 Å². The molecule has 0 amide bonds. The van der Waals surface area contributed by atoms with Crippen molar-refractivity contribution in [2.75, 3.05) is 40.0 Å². The van der Waals surface area contributed by atoms with Crippen molar-refractivity contribution in [3.8, 4) is 0 Å². The van der Waals surface area contributed by atoms with Crippen molar-refractivity contribution < 1.29 is 23.5 Å². The van der Waals surface area contributed by atoms with Gasteiger partial charge in [-0.25, -0.2) is 0 Å². The van der Waals surface area contributed by atoms with Gasteiger partial charge < -0.3 is 28.8 Å². The maximum Gasteiger partial charge on any atom is 0.318 e. The standard InChI is InChI=1S/C12H31NO5Si2/c1-3-18-19-8-4-6-13-10-12(14)11-17-7-5-9-20(15)16-2/h12-15,20H,3-11,19H2,1-2H3. The first kappa shape index (κ1) is 20.2. The van der Waals surface area contributed by atoms with Crippen LogP contribution in [0.25, 0.3) is 0 Å². The molecule has 2 atom stereocenters. The van der Waals surface area contributed by atoms with E-state index in [1.807, 2.05) is 6.92 Å². The van der Waals surface area contributed by atoms with E-state index >= 15 is 0 Å². The molecule has 0 fully saturated rings. The lowest BCUT2D eigenvalue weighted by Crippen LogP contribution is -2.31. The molecule has 0 bridgehead atoms. The Morgan fingerprint density at radius 2 is 2.15 bits per heavy atom. The highest BCUT2D eigenvalue weighted by Crippen LogP contribution is 1.97. The van der Waals surface area contributed by atoms with Gasteiger partial charge >= 0.3 is 9.28 Å². The molecule has 3 N–H and O–H groups in total. The molecule has 8 heteroatoms. The van der Waals surface area contributed by atoms with Crippen LogP contribution in [0.2, 0.25) is 12.1 Å². The summed E-state index contributed by atoms with van der Waals surface area (Å²) in [6.07, 6.45) is 1.42. The molecule has 20 heavy (non-hydrogen) atoms. The lowest BCUT2D eigenvalue weighted by molar-refractivity contribution is 0.0370. The van der Waals surface area contributed by atoms with Gasteiger partial charge in [0.05, 0.1) is 12.7 Å². The van der Waals surface area contributed by atoms with Crippen molar-refractivity contribution in [3.05, 3.63) is 0 Å². The van der Waals surface area contributed by atoms with E-state index in [0.29, 0.717) is 25.8 Å². The molecule has 0 aromatic heterocycles. The van der Waals surface area contributed by atoms with Gasteiger partial charge in [-0.05, 0) is 38.4 Å². The van der Waals surface area contributed by atoms with Crippen LogP contribution in [0.5, 0.6) is 0 Å². The van der Waals surface area contributed by atoms with E-state index in [2.05, 4.69) is 5.32 Å². The summed E-state index contributed by atoms with van der Waals surface area (Å²) in [6.45, 7) is 5.24. The number of nitrogens with one attached hydrogen (secondary N) is 1. The molecule has 0 aromatic carbocycles. The molecule has 122 valence electrons. The maximum absolute atomic E-state index is 9.68. The van der Waals surface area contributed by atoms with E-state index in [1.54, 1.807) is 0 Å². The Labute approximate surface area is 126 Å². The number of ether oxygens (including phenoxy) is 1. The van der Waals surface area contributed by atoms with E-state index in [4.69, 9.17) is 13.6 Å². The average molecular weight is 326 g/mol. The van der Waals surface area contributed by atoms with Crippen molar-refractivity contribution in [2.24, 2.45) is 0 Å². The minimum absolute atomic E-state index is 0.319. The summed E-state index contributed by atoms with van der Waals surface area (Å²) < 4.78 is 15.6. The molecule has 0 radical (unpaired) electrons. The molecule has 0 spiro atoms. The fraction of sp³-hybridized carbons (Fsp3) is 1.00. The Hall–Kier alpha value is 0.194. The van der Waals surface area contributed by atoms with Crippen molar-refractivity contribution in [3.63, 3.8) is 0 Å². The third-order valence-corrected chi connectivity index (χ3v) is 5.73. The lowest BCUT2D eigenvalue weighted by atomic mass is 10.3. The molecule has 6 nitrogen and oxygen atoms in total. The third kappa shape index (κ3) is 14.6. The number of hydrogen-bond donors (Lipinski definition) is 3. The van der Waals surface area contributed by atoms with Crippen LogP contribution in [0.4, 0.5) is 0 Å². The number of aliphatic hydroxyl groups excluding tert-OH is 1. The topological polar surface area (TPSA) is 80.2 Å². The molecular formula is C12H31NO5Si2. The van der Waals surface area contributed by atoms with Gasteiger partial charge in [0.15, 0.2) is 9.76 Å². The van der Waals surface area contributed by atoms with Crippen LogP contribution in [0, 0.1) is 0 Å². The molecular weight excluding hydrogens is 294 g/mol. The van der Waals surface area contributed by atoms with Gasteiger partial charge in [-0.15, -0.1) is 0 Å². The predicted octanol–water partition coefficient (Wildman–Crippen LogP) is -0.868. The average Bonchev–Trinajstić information content (AvgIpc) is 2.45. The Kier molecular flexibility index (Phi) is 15.7. The van der Waals surface area contributed by atoms with Crippen LogP contribution in [-0.4, -0.2) is 75.1 Å². The first-order valence-corrected chi connectivity index (χ1v) is 10.8. The van der Waals surface area contributed by atoms with E-state index in [0.717, 1.165) is 26.0 Å². The zero-order chi connectivity index (χ0) is 15.1. The van der Waals surface area contributed by atoms with Crippen LogP contribution in [0.1, 0.15) is 19.8 Å². The first-order chi connectivity index (χ1) is 9.70. The second kappa shape index (κ2) is 15.6. The van der Waals surface area contributed by atoms with Crippen LogP contribution in [0.15, 0.2) is 0 Å². The second-order valence-corrected chi connectivity index (χ2v) is 8.15. The summed E-state index contributed by atoms with van der Waals surface area (Å²) in [5, 5.41) is 12.9. The fourth-order valence-electron chi connectivity index (χ4n) is 1.62. The fourth-order valence-corrected chi connectivity index (χ4v) is 3.32. The Morgan fingerprint density at radius 3 is 2.85 bits per heavy atom. The summed E-state index contributed by atoms with van der Waals surface area (Å²) >= 11 is 0. The summed E-state index contributed by atoms with van der Waals surface area (Å²) in [4.78, 5) is 9.28. The number of hydrogen-bond acceptors (Lipinski definition) is 6. The third-order valence-electron chi connectivity index (χ3n) is 2.80. The van der Waals surface area contributed by atoms with E-state index in [9.17, 15) is 9.90 Å². The Bertz CT molecular complexity index is 203. The maximum atomic E-state index is 9.68. The highest BCUT2D eigenvalue weighted by molar-refractivity contribution is 6.42. The smallest absolute Gasteiger partial charge is 0.318 e. The number of aliphatic hydroxyl groups is 1. The minimum atomic E-state index is -1.95. The molecule has 0 aliphatic heterocycles. The van der Waals surface area contributed by atoms with Gasteiger partial charge in [-0.3, -0.25) is 0 Å². The summed E-state index contributed by atoms with van der Waals surface area (Å²) in [5.41, 5.74) is 0. The van der Waals surface area contributed by atoms with Gasteiger partial charge in [0.25, 0.3) is 0 Å². The van der Waals surface area contributed by atoms with Crippen LogP contribution >= 0.6 is 0 Å². The summed E-state index contributed by atoms with van der Waals surface area (Å²) in [5.74, 6) is 0. The zero-order valence-corrected chi connectivity index (χ0v) is 15.4. The van der Waals surface area contributed by atoms with Crippen LogP contribution in [0.3, 0.4) is 0 Å². The molecule has 0 aliphatic carbocycles. The second-order valence-electron chi connectivity index (χ2n) is 4.67. The highest BCUT2D eigenvalue weighted by Gasteiger charge is 2.06. The molecule has 0 rings (SSSR count). The van der Waals surface area contributed by atoms with Gasteiger partial charge in [0, 0.05) is 26.9 Å².